The Morgan fingerprint density at radius 1 is 1.18 bits per heavy atom. The fourth-order valence-electron chi connectivity index (χ4n) is 2.36. The molecule has 3 aromatic rings. The number of aromatic amines is 1. The number of anilines is 2. The van der Waals surface area contributed by atoms with Crippen molar-refractivity contribution in [2.75, 3.05) is 17.8 Å². The van der Waals surface area contributed by atoms with E-state index in [2.05, 4.69) is 43.5 Å². The van der Waals surface area contributed by atoms with Crippen LogP contribution in [-0.2, 0) is 6.42 Å². The molecule has 0 amide bonds. The lowest BCUT2D eigenvalue weighted by molar-refractivity contribution is 0.881. The molecule has 1 heterocycles. The van der Waals surface area contributed by atoms with Gasteiger partial charge in [0, 0.05) is 18.3 Å². The number of hydrogen-bond donors (Lipinski definition) is 4. The van der Waals surface area contributed by atoms with Crippen LogP contribution in [0.2, 0.25) is 0 Å². The summed E-state index contributed by atoms with van der Waals surface area (Å²) in [7, 11) is 1.91. The summed E-state index contributed by atoms with van der Waals surface area (Å²) in [4.78, 5) is 0. The van der Waals surface area contributed by atoms with Crippen molar-refractivity contribution in [1.82, 2.24) is 20.6 Å². The molecule has 0 saturated heterocycles. The Morgan fingerprint density at radius 2 is 2.09 bits per heavy atom. The van der Waals surface area contributed by atoms with Gasteiger partial charge in [-0.2, -0.15) is 5.21 Å². The quantitative estimate of drug-likeness (QED) is 0.422. The lowest BCUT2D eigenvalue weighted by Gasteiger charge is -2.11. The zero-order chi connectivity index (χ0) is 15.4. The van der Waals surface area contributed by atoms with Crippen LogP contribution < -0.4 is 16.6 Å². The molecule has 0 aliphatic carbocycles. The molecule has 0 aliphatic rings. The number of benzene rings is 2. The number of tetrazole rings is 1. The Kier molecular flexibility index (Phi) is 3.97. The summed E-state index contributed by atoms with van der Waals surface area (Å²) in [6.07, 6.45) is 0.751. The predicted octanol–water partition coefficient (Wildman–Crippen LogP) is 1.78. The molecule has 0 unspecified atom stereocenters. The fourth-order valence-corrected chi connectivity index (χ4v) is 2.36. The molecule has 0 fully saturated rings. The highest BCUT2D eigenvalue weighted by molar-refractivity contribution is 5.64. The number of H-pyrrole nitrogens is 1. The van der Waals surface area contributed by atoms with Crippen LogP contribution in [0.1, 0.15) is 11.1 Å². The number of rotatable bonds is 5. The van der Waals surface area contributed by atoms with E-state index in [0.29, 0.717) is 5.82 Å². The fraction of sp³-hybridized carbons (Fsp3) is 0.133. The topological polar surface area (TPSA) is 105 Å². The average molecular weight is 295 g/mol. The number of nitrogens with one attached hydrogen (secondary N) is 3. The van der Waals surface area contributed by atoms with Crippen molar-refractivity contribution in [2.24, 2.45) is 5.84 Å². The molecule has 2 aromatic carbocycles. The first-order chi connectivity index (χ1) is 10.8. The summed E-state index contributed by atoms with van der Waals surface area (Å²) >= 11 is 0. The van der Waals surface area contributed by atoms with Crippen LogP contribution in [0.25, 0.3) is 11.4 Å². The van der Waals surface area contributed by atoms with Gasteiger partial charge in [0.25, 0.3) is 0 Å². The van der Waals surface area contributed by atoms with Gasteiger partial charge in [-0.15, -0.1) is 10.2 Å². The van der Waals surface area contributed by atoms with E-state index in [1.807, 2.05) is 37.4 Å². The molecule has 0 radical (unpaired) electrons. The molecule has 3 rings (SSSR count). The molecule has 22 heavy (non-hydrogen) atoms. The molecule has 0 aliphatic heterocycles. The summed E-state index contributed by atoms with van der Waals surface area (Å²) < 4.78 is 0. The first-order valence-corrected chi connectivity index (χ1v) is 6.90. The molecular formula is C15H17N7. The zero-order valence-electron chi connectivity index (χ0n) is 12.2. The van der Waals surface area contributed by atoms with Crippen LogP contribution in [0, 0.1) is 0 Å². The smallest absolute Gasteiger partial charge is 0.204 e. The largest absolute Gasteiger partial charge is 0.388 e. The minimum absolute atomic E-state index is 0.564. The first kappa shape index (κ1) is 14.0. The van der Waals surface area contributed by atoms with Crippen LogP contribution in [0.3, 0.4) is 0 Å². The third-order valence-corrected chi connectivity index (χ3v) is 3.47. The Balaban J connectivity index is 1.95. The first-order valence-electron chi connectivity index (χ1n) is 6.90. The summed E-state index contributed by atoms with van der Waals surface area (Å²) in [6.45, 7) is 0. The maximum atomic E-state index is 5.62. The van der Waals surface area contributed by atoms with Gasteiger partial charge < -0.3 is 10.7 Å². The summed E-state index contributed by atoms with van der Waals surface area (Å²) in [6, 6.07) is 14.1. The number of aromatic nitrogens is 4. The van der Waals surface area contributed by atoms with Gasteiger partial charge in [0.2, 0.25) is 5.82 Å². The minimum Gasteiger partial charge on any atom is -0.388 e. The molecule has 7 nitrogen and oxygen atoms in total. The number of nitrogens with zero attached hydrogens (tertiary/aromatic N) is 3. The maximum Gasteiger partial charge on any atom is 0.204 e. The minimum atomic E-state index is 0.564. The highest BCUT2D eigenvalue weighted by Crippen LogP contribution is 2.25. The van der Waals surface area contributed by atoms with E-state index in [9.17, 15) is 0 Å². The Hall–Kier alpha value is -2.93. The molecule has 0 saturated carbocycles. The van der Waals surface area contributed by atoms with Gasteiger partial charge in [0.1, 0.15) is 0 Å². The SMILES string of the molecule is CNc1cccc(Cc2cc(-c3nn[nH]n3)ccc2NN)c1. The van der Waals surface area contributed by atoms with Gasteiger partial charge in [0.05, 0.1) is 5.69 Å². The second kappa shape index (κ2) is 6.23. The molecular weight excluding hydrogens is 278 g/mol. The standard InChI is InChI=1S/C15H17N7/c1-17-13-4-2-3-10(8-13)7-12-9-11(5-6-14(12)18-16)15-19-21-22-20-15/h2-6,8-9,17-18H,7,16H2,1H3,(H,19,20,21,22). The number of nitrogen functional groups attached to an aromatic ring is 1. The van der Waals surface area contributed by atoms with Crippen LogP contribution in [-0.4, -0.2) is 27.7 Å². The van der Waals surface area contributed by atoms with Crippen LogP contribution >= 0.6 is 0 Å². The number of nitrogens with two attached hydrogens (primary N) is 1. The Labute approximate surface area is 127 Å². The van der Waals surface area contributed by atoms with Gasteiger partial charge in [0.15, 0.2) is 0 Å². The van der Waals surface area contributed by atoms with Crippen molar-refractivity contribution in [3.63, 3.8) is 0 Å². The molecule has 0 spiro atoms. The van der Waals surface area contributed by atoms with E-state index in [1.54, 1.807) is 0 Å². The lowest BCUT2D eigenvalue weighted by Crippen LogP contribution is -2.09. The third-order valence-electron chi connectivity index (χ3n) is 3.47. The average Bonchev–Trinajstić information content (AvgIpc) is 3.09. The van der Waals surface area contributed by atoms with Gasteiger partial charge in [-0.1, -0.05) is 12.1 Å². The van der Waals surface area contributed by atoms with Gasteiger partial charge in [-0.25, -0.2) is 0 Å². The Bertz CT molecular complexity index is 752. The molecule has 1 aromatic heterocycles. The Morgan fingerprint density at radius 3 is 2.82 bits per heavy atom. The van der Waals surface area contributed by atoms with Crippen LogP contribution in [0.15, 0.2) is 42.5 Å². The van der Waals surface area contributed by atoms with Crippen molar-refractivity contribution in [3.05, 3.63) is 53.6 Å². The van der Waals surface area contributed by atoms with Crippen LogP contribution in [0.5, 0.6) is 0 Å². The molecule has 0 atom stereocenters. The second-order valence-corrected chi connectivity index (χ2v) is 4.88. The zero-order valence-corrected chi connectivity index (χ0v) is 12.2. The normalized spacial score (nSPS) is 10.5. The monoisotopic (exact) mass is 295 g/mol. The molecule has 0 bridgehead atoms. The van der Waals surface area contributed by atoms with Gasteiger partial charge in [-0.3, -0.25) is 5.84 Å². The van der Waals surface area contributed by atoms with Crippen molar-refractivity contribution >= 4 is 11.4 Å². The molecule has 112 valence electrons. The van der Waals surface area contributed by atoms with Gasteiger partial charge >= 0.3 is 0 Å². The molecule has 7 heteroatoms. The third kappa shape index (κ3) is 2.89. The number of hydrazine groups is 1. The van der Waals surface area contributed by atoms with E-state index in [1.165, 1.54) is 5.56 Å². The van der Waals surface area contributed by atoms with E-state index in [-0.39, 0.29) is 0 Å². The maximum absolute atomic E-state index is 5.62. The predicted molar refractivity (Wildman–Crippen MR) is 86.2 cm³/mol. The molecule has 5 N–H and O–H groups in total. The van der Waals surface area contributed by atoms with Crippen molar-refractivity contribution in [3.8, 4) is 11.4 Å². The summed E-state index contributed by atoms with van der Waals surface area (Å²) in [5.74, 6) is 6.18. The second-order valence-electron chi connectivity index (χ2n) is 4.88. The van der Waals surface area contributed by atoms with Crippen molar-refractivity contribution < 1.29 is 0 Å². The number of hydrogen-bond acceptors (Lipinski definition) is 6. The van der Waals surface area contributed by atoms with E-state index >= 15 is 0 Å². The van der Waals surface area contributed by atoms with E-state index in [0.717, 1.165) is 28.9 Å². The van der Waals surface area contributed by atoms with Crippen LogP contribution in [0.4, 0.5) is 11.4 Å². The van der Waals surface area contributed by atoms with E-state index in [4.69, 9.17) is 5.84 Å². The van der Waals surface area contributed by atoms with Crippen molar-refractivity contribution in [2.45, 2.75) is 6.42 Å². The lowest BCUT2D eigenvalue weighted by atomic mass is 10.0. The van der Waals surface area contributed by atoms with Crippen molar-refractivity contribution in [1.29, 1.82) is 0 Å². The summed E-state index contributed by atoms with van der Waals surface area (Å²) in [5, 5.41) is 17.2. The van der Waals surface area contributed by atoms with Gasteiger partial charge in [-0.05, 0) is 53.1 Å². The highest BCUT2D eigenvalue weighted by atomic mass is 15.5. The highest BCUT2D eigenvalue weighted by Gasteiger charge is 2.09. The summed E-state index contributed by atoms with van der Waals surface area (Å²) in [5.41, 5.74) is 7.84. The van der Waals surface area contributed by atoms with E-state index < -0.39 is 0 Å².